The van der Waals surface area contributed by atoms with E-state index in [0.29, 0.717) is 12.8 Å². The summed E-state index contributed by atoms with van der Waals surface area (Å²) in [5, 5.41) is 11.9. The highest BCUT2D eigenvalue weighted by Gasteiger charge is 2.43. The number of halogens is 1. The fraction of sp³-hybridized carbons (Fsp3) is 0.529. The van der Waals surface area contributed by atoms with E-state index in [9.17, 15) is 14.0 Å². The van der Waals surface area contributed by atoms with Crippen molar-refractivity contribution in [2.75, 3.05) is 6.54 Å². The SMILES string of the molecule is CC(C)(CNC(=O)C1(c2ccc(F)cc2)CCCC1)C(=O)O. The molecule has 120 valence electrons. The maximum atomic E-state index is 13.1. The maximum absolute atomic E-state index is 13.1. The Morgan fingerprint density at radius 2 is 1.77 bits per heavy atom. The van der Waals surface area contributed by atoms with E-state index in [1.165, 1.54) is 12.1 Å². The van der Waals surface area contributed by atoms with Gasteiger partial charge in [0.05, 0.1) is 10.8 Å². The van der Waals surface area contributed by atoms with E-state index in [4.69, 9.17) is 5.11 Å². The molecule has 0 heterocycles. The standard InChI is InChI=1S/C17H22FNO3/c1-16(2,15(21)22)11-19-14(20)17(9-3-4-10-17)12-5-7-13(18)8-6-12/h5-8H,3-4,9-11H2,1-2H3,(H,19,20)(H,21,22). The molecule has 2 N–H and O–H groups in total. The number of hydrogen-bond donors (Lipinski definition) is 2. The summed E-state index contributed by atoms with van der Waals surface area (Å²) < 4.78 is 13.1. The molecule has 0 bridgehead atoms. The smallest absolute Gasteiger partial charge is 0.310 e. The molecule has 1 aromatic rings. The summed E-state index contributed by atoms with van der Waals surface area (Å²) in [6.45, 7) is 3.23. The molecule has 0 aromatic heterocycles. The van der Waals surface area contributed by atoms with E-state index in [1.807, 2.05) is 0 Å². The summed E-state index contributed by atoms with van der Waals surface area (Å²) in [6, 6.07) is 6.04. The lowest BCUT2D eigenvalue weighted by atomic mass is 9.77. The largest absolute Gasteiger partial charge is 0.481 e. The number of benzene rings is 1. The van der Waals surface area contributed by atoms with Gasteiger partial charge in [0.15, 0.2) is 0 Å². The molecule has 4 nitrogen and oxygen atoms in total. The Labute approximate surface area is 129 Å². The first-order valence-corrected chi connectivity index (χ1v) is 7.56. The fourth-order valence-electron chi connectivity index (χ4n) is 2.94. The van der Waals surface area contributed by atoms with E-state index in [0.717, 1.165) is 18.4 Å². The molecule has 1 aliphatic carbocycles. The number of hydrogen-bond acceptors (Lipinski definition) is 2. The van der Waals surface area contributed by atoms with E-state index in [1.54, 1.807) is 26.0 Å². The van der Waals surface area contributed by atoms with Crippen molar-refractivity contribution < 1.29 is 19.1 Å². The van der Waals surface area contributed by atoms with Gasteiger partial charge in [0, 0.05) is 6.54 Å². The van der Waals surface area contributed by atoms with Crippen LogP contribution in [0.5, 0.6) is 0 Å². The number of carboxylic acid groups (broad SMARTS) is 1. The molecule has 1 aromatic carbocycles. The van der Waals surface area contributed by atoms with Crippen LogP contribution in [0.2, 0.25) is 0 Å². The monoisotopic (exact) mass is 307 g/mol. The minimum atomic E-state index is -1.02. The molecule has 1 aliphatic rings. The summed E-state index contributed by atoms with van der Waals surface area (Å²) in [6.07, 6.45) is 3.29. The second kappa shape index (κ2) is 6.07. The minimum absolute atomic E-state index is 0.0735. The van der Waals surface area contributed by atoms with Crippen LogP contribution < -0.4 is 5.32 Å². The number of aliphatic carboxylic acids is 1. The Hall–Kier alpha value is -1.91. The van der Waals surface area contributed by atoms with Gasteiger partial charge < -0.3 is 10.4 Å². The quantitative estimate of drug-likeness (QED) is 0.879. The van der Waals surface area contributed by atoms with Crippen LogP contribution in [0.4, 0.5) is 4.39 Å². The van der Waals surface area contributed by atoms with Crippen molar-refractivity contribution in [1.29, 1.82) is 0 Å². The van der Waals surface area contributed by atoms with Crippen LogP contribution >= 0.6 is 0 Å². The molecule has 1 fully saturated rings. The predicted molar refractivity (Wildman–Crippen MR) is 81.0 cm³/mol. The molecule has 0 saturated heterocycles. The van der Waals surface area contributed by atoms with Gasteiger partial charge in [-0.15, -0.1) is 0 Å². The zero-order valence-corrected chi connectivity index (χ0v) is 13.0. The third-order valence-electron chi connectivity index (χ3n) is 4.56. The molecule has 0 aliphatic heterocycles. The van der Waals surface area contributed by atoms with E-state index in [2.05, 4.69) is 5.32 Å². The van der Waals surface area contributed by atoms with Crippen LogP contribution in [0.15, 0.2) is 24.3 Å². The molecule has 2 rings (SSSR count). The topological polar surface area (TPSA) is 66.4 Å². The lowest BCUT2D eigenvalue weighted by molar-refractivity contribution is -0.147. The molecule has 0 atom stereocenters. The normalized spacial score (nSPS) is 17.2. The van der Waals surface area contributed by atoms with Crippen LogP contribution in [0.1, 0.15) is 45.1 Å². The summed E-state index contributed by atoms with van der Waals surface area (Å²) in [5.74, 6) is -1.44. The number of rotatable bonds is 5. The molecular formula is C17H22FNO3. The number of carboxylic acids is 1. The van der Waals surface area contributed by atoms with Crippen molar-refractivity contribution in [3.8, 4) is 0 Å². The van der Waals surface area contributed by atoms with Gasteiger partial charge in [0.25, 0.3) is 0 Å². The van der Waals surface area contributed by atoms with E-state index < -0.39 is 16.8 Å². The molecule has 1 amide bonds. The molecule has 0 radical (unpaired) electrons. The van der Waals surface area contributed by atoms with Gasteiger partial charge in [0.1, 0.15) is 5.82 Å². The highest BCUT2D eigenvalue weighted by Crippen LogP contribution is 2.41. The Kier molecular flexibility index (Phi) is 4.54. The lowest BCUT2D eigenvalue weighted by Gasteiger charge is -2.30. The number of nitrogens with one attached hydrogen (secondary N) is 1. The van der Waals surface area contributed by atoms with Crippen LogP contribution in [0.3, 0.4) is 0 Å². The lowest BCUT2D eigenvalue weighted by Crippen LogP contribution is -2.47. The second-order valence-electron chi connectivity index (χ2n) is 6.67. The van der Waals surface area contributed by atoms with Gasteiger partial charge in [-0.3, -0.25) is 9.59 Å². The van der Waals surface area contributed by atoms with Crippen LogP contribution in [-0.2, 0) is 15.0 Å². The summed E-state index contributed by atoms with van der Waals surface area (Å²) >= 11 is 0. The third-order valence-corrected chi connectivity index (χ3v) is 4.56. The minimum Gasteiger partial charge on any atom is -0.481 e. The molecule has 1 saturated carbocycles. The Bertz CT molecular complexity index is 560. The first kappa shape index (κ1) is 16.5. The molecule has 0 unspecified atom stereocenters. The number of carbonyl (C=O) groups is 2. The Morgan fingerprint density at radius 3 is 2.27 bits per heavy atom. The van der Waals surface area contributed by atoms with Crippen molar-refractivity contribution in [3.63, 3.8) is 0 Å². The van der Waals surface area contributed by atoms with Crippen LogP contribution in [0, 0.1) is 11.2 Å². The fourth-order valence-corrected chi connectivity index (χ4v) is 2.94. The first-order valence-electron chi connectivity index (χ1n) is 7.56. The molecule has 5 heteroatoms. The molecular weight excluding hydrogens is 285 g/mol. The van der Waals surface area contributed by atoms with Crippen molar-refractivity contribution in [1.82, 2.24) is 5.32 Å². The average molecular weight is 307 g/mol. The van der Waals surface area contributed by atoms with Gasteiger partial charge in [0.2, 0.25) is 5.91 Å². The van der Waals surface area contributed by atoms with Crippen LogP contribution in [-0.4, -0.2) is 23.5 Å². The summed E-state index contributed by atoms with van der Waals surface area (Å²) in [4.78, 5) is 23.9. The van der Waals surface area contributed by atoms with E-state index >= 15 is 0 Å². The van der Waals surface area contributed by atoms with Crippen molar-refractivity contribution >= 4 is 11.9 Å². The molecule has 22 heavy (non-hydrogen) atoms. The van der Waals surface area contributed by atoms with Gasteiger partial charge in [-0.25, -0.2) is 4.39 Å². The first-order chi connectivity index (χ1) is 10.3. The summed E-state index contributed by atoms with van der Waals surface area (Å²) in [7, 11) is 0. The van der Waals surface area contributed by atoms with Crippen LogP contribution in [0.25, 0.3) is 0 Å². The maximum Gasteiger partial charge on any atom is 0.310 e. The highest BCUT2D eigenvalue weighted by atomic mass is 19.1. The second-order valence-corrected chi connectivity index (χ2v) is 6.67. The van der Waals surface area contributed by atoms with Crippen molar-refractivity contribution in [2.24, 2.45) is 5.41 Å². The average Bonchev–Trinajstić information content (AvgIpc) is 2.96. The van der Waals surface area contributed by atoms with Gasteiger partial charge in [-0.2, -0.15) is 0 Å². The Balaban J connectivity index is 2.19. The van der Waals surface area contributed by atoms with Crippen molar-refractivity contribution in [2.45, 2.75) is 44.9 Å². The highest BCUT2D eigenvalue weighted by molar-refractivity contribution is 5.89. The Morgan fingerprint density at radius 1 is 1.23 bits per heavy atom. The van der Waals surface area contributed by atoms with Gasteiger partial charge in [-0.05, 0) is 44.4 Å². The van der Waals surface area contributed by atoms with Gasteiger partial charge in [-0.1, -0.05) is 25.0 Å². The number of amides is 1. The zero-order valence-electron chi connectivity index (χ0n) is 13.0. The van der Waals surface area contributed by atoms with E-state index in [-0.39, 0.29) is 18.3 Å². The molecule has 0 spiro atoms. The van der Waals surface area contributed by atoms with Crippen molar-refractivity contribution in [3.05, 3.63) is 35.6 Å². The number of carbonyl (C=O) groups excluding carboxylic acids is 1. The third kappa shape index (κ3) is 3.13. The summed E-state index contributed by atoms with van der Waals surface area (Å²) in [5.41, 5.74) is -0.877. The van der Waals surface area contributed by atoms with Gasteiger partial charge >= 0.3 is 5.97 Å². The predicted octanol–water partition coefficient (Wildman–Crippen LogP) is 2.86. The zero-order chi connectivity index (χ0) is 16.4.